The van der Waals surface area contributed by atoms with E-state index in [4.69, 9.17) is 54.9 Å². The van der Waals surface area contributed by atoms with Crippen LogP contribution in [0.3, 0.4) is 0 Å². The zero-order valence-corrected chi connectivity index (χ0v) is 48.1. The molecule has 81 heavy (non-hydrogen) atoms. The minimum Gasteiger partial charge on any atom is -0.456 e. The summed E-state index contributed by atoms with van der Waals surface area (Å²) in [6.45, 7) is 2.91. The molecule has 0 N–H and O–H groups in total. The first-order chi connectivity index (χ1) is 39.3. The lowest BCUT2D eigenvalue weighted by Crippen LogP contribution is -2.68. The van der Waals surface area contributed by atoms with E-state index >= 15 is 13.7 Å². The van der Waals surface area contributed by atoms with E-state index in [1.807, 2.05) is 0 Å². The van der Waals surface area contributed by atoms with E-state index in [9.17, 15) is 14.4 Å². The number of phosphoric acid groups is 3. The van der Waals surface area contributed by atoms with Crippen molar-refractivity contribution < 1.29 is 83.0 Å². The molecule has 0 heterocycles. The van der Waals surface area contributed by atoms with Crippen LogP contribution in [-0.2, 0) is 123 Å². The quantitative estimate of drug-likeness (QED) is 0.0213. The average Bonchev–Trinajstić information content (AvgIpc) is 3.49. The lowest BCUT2D eigenvalue weighted by Gasteiger charge is -2.48. The molecule has 6 aromatic rings. The van der Waals surface area contributed by atoms with Crippen LogP contribution in [0.25, 0.3) is 0 Å². The number of hydrogen-bond donors (Lipinski definition) is 0. The summed E-state index contributed by atoms with van der Waals surface area (Å²) in [6.07, 6.45) is -12.6. The molecule has 0 amide bonds. The average molecular weight is 1170 g/mol. The summed E-state index contributed by atoms with van der Waals surface area (Å²) in [6, 6.07) is 52.0. The minimum atomic E-state index is -5.10. The Bertz CT molecular complexity index is 2510. The molecule has 1 aliphatic rings. The number of ether oxygens (including phenoxy) is 3. The maximum Gasteiger partial charge on any atom is 0.475 e. The van der Waals surface area contributed by atoms with Gasteiger partial charge in [-0.05, 0) is 52.6 Å². The highest BCUT2D eigenvalue weighted by Crippen LogP contribution is 2.60. The maximum atomic E-state index is 15.8. The monoisotopic (exact) mass is 1170 g/mol. The van der Waals surface area contributed by atoms with Crippen molar-refractivity contribution in [3.05, 3.63) is 215 Å². The van der Waals surface area contributed by atoms with Gasteiger partial charge in [-0.15, -0.1) is 0 Å². The van der Waals surface area contributed by atoms with Crippen LogP contribution in [-0.4, -0.2) is 54.5 Å². The fraction of sp³-hybridized carbons (Fsp3) is 0.350. The van der Waals surface area contributed by atoms with Crippen LogP contribution in [0.5, 0.6) is 0 Å². The molecular weight excluding hydrogens is 1100 g/mol. The van der Waals surface area contributed by atoms with E-state index in [2.05, 4.69) is 0 Å². The smallest absolute Gasteiger partial charge is 0.456 e. The van der Waals surface area contributed by atoms with Crippen molar-refractivity contribution in [3.8, 4) is 0 Å². The molecule has 0 spiro atoms. The van der Waals surface area contributed by atoms with Gasteiger partial charge in [0.05, 0.1) is 39.6 Å². The van der Waals surface area contributed by atoms with Crippen molar-refractivity contribution in [2.75, 3.05) is 0 Å². The Morgan fingerprint density at radius 1 is 0.296 bits per heavy atom. The van der Waals surface area contributed by atoms with Gasteiger partial charge < -0.3 is 14.2 Å². The van der Waals surface area contributed by atoms with Crippen molar-refractivity contribution in [2.24, 2.45) is 0 Å². The number of carbonyl (C=O) groups is 3. The van der Waals surface area contributed by atoms with Crippen LogP contribution in [0.15, 0.2) is 182 Å². The third kappa shape index (κ3) is 20.2. The molecule has 0 aliphatic heterocycles. The highest BCUT2D eigenvalue weighted by molar-refractivity contribution is 7.49. The van der Waals surface area contributed by atoms with Gasteiger partial charge >= 0.3 is 41.4 Å². The second-order valence-corrected chi connectivity index (χ2v) is 23.6. The maximum absolute atomic E-state index is 15.8. The third-order valence-electron chi connectivity index (χ3n) is 12.3. The van der Waals surface area contributed by atoms with Gasteiger partial charge in [0.25, 0.3) is 0 Å². The Labute approximate surface area is 473 Å². The van der Waals surface area contributed by atoms with Crippen LogP contribution < -0.4 is 0 Å². The molecule has 0 radical (unpaired) electrons. The van der Waals surface area contributed by atoms with Gasteiger partial charge in [-0.1, -0.05) is 203 Å². The summed E-state index contributed by atoms with van der Waals surface area (Å²) in [5.74, 6) is -2.71. The first-order valence-corrected chi connectivity index (χ1v) is 31.2. The van der Waals surface area contributed by atoms with Crippen molar-refractivity contribution >= 4 is 41.4 Å². The molecule has 21 heteroatoms. The molecule has 0 aromatic heterocycles. The predicted molar refractivity (Wildman–Crippen MR) is 299 cm³/mol. The van der Waals surface area contributed by atoms with E-state index in [1.54, 1.807) is 203 Å². The van der Waals surface area contributed by atoms with Gasteiger partial charge in [0.2, 0.25) is 0 Å². The Hall–Kier alpha value is -5.94. The number of phosphoric ester groups is 3. The summed E-state index contributed by atoms with van der Waals surface area (Å²) in [4.78, 5) is 42.8. The number of hydrogen-bond acceptors (Lipinski definition) is 18. The molecule has 0 unspecified atom stereocenters. The van der Waals surface area contributed by atoms with Crippen LogP contribution in [0.4, 0.5) is 0 Å². The number of benzene rings is 6. The van der Waals surface area contributed by atoms with Gasteiger partial charge in [-0.3, -0.25) is 55.1 Å². The zero-order valence-electron chi connectivity index (χ0n) is 45.5. The van der Waals surface area contributed by atoms with E-state index in [0.29, 0.717) is 33.4 Å². The fourth-order valence-electron chi connectivity index (χ4n) is 8.24. The van der Waals surface area contributed by atoms with Crippen molar-refractivity contribution in [3.63, 3.8) is 0 Å². The molecule has 18 nitrogen and oxygen atoms in total. The zero-order chi connectivity index (χ0) is 57.3. The molecule has 6 aromatic carbocycles. The second-order valence-electron chi connectivity index (χ2n) is 18.7. The van der Waals surface area contributed by atoms with Crippen LogP contribution in [0.1, 0.15) is 92.7 Å². The normalized spacial score (nSPS) is 18.4. The summed E-state index contributed by atoms with van der Waals surface area (Å²) in [7, 11) is -15.3. The number of esters is 3. The Morgan fingerprint density at radius 3 is 0.630 bits per heavy atom. The second kappa shape index (κ2) is 32.0. The number of carbonyl (C=O) groups excluding carboxylic acids is 3. The topological polar surface area (TPSA) is 213 Å². The van der Waals surface area contributed by atoms with Crippen molar-refractivity contribution in [2.45, 2.75) is 136 Å². The lowest BCUT2D eigenvalue weighted by molar-refractivity contribution is -0.241. The van der Waals surface area contributed by atoms with E-state index in [-0.39, 0.29) is 78.2 Å². The SMILES string of the molecule is CCCC(=O)OC1C(OP(=O)(OCc2ccccc2)OCc2ccccc2)C(OC(=O)CCC)C(OP(=O)(OCc2ccccc2)OCc2ccccc2)C(OC(=O)CCC)C1OP(=O)(OCc1ccccc1)OCc1ccccc1. The summed E-state index contributed by atoms with van der Waals surface area (Å²) < 4.78 is 123. The standard InChI is InChI=1S/C60H69O18P3/c1-4-25-52(61)73-55-58(76-79(64,67-40-46-28-13-7-14-29-46)68-41-47-30-15-8-16-31-47)56(74-53(62)26-5-2)60(78-81(66,71-44-50-36-21-11-22-37-50)72-45-51-38-23-12-24-39-51)57(75-54(63)27-6-3)59(55)77-80(65,69-42-48-32-17-9-18-33-48)70-43-49-34-19-10-20-35-49/h7-24,28-39,55-60H,4-6,25-27,40-45H2,1-3H3. The first kappa shape index (κ1) is 62.7. The molecule has 7 rings (SSSR count). The highest BCUT2D eigenvalue weighted by atomic mass is 31.2. The molecule has 1 aliphatic carbocycles. The Kier molecular flexibility index (Phi) is 24.8. The third-order valence-corrected chi connectivity index (χ3v) is 16.4. The summed E-state index contributed by atoms with van der Waals surface area (Å²) in [5, 5.41) is 0. The molecule has 432 valence electrons. The Morgan fingerprint density at radius 2 is 0.469 bits per heavy atom. The summed E-state index contributed by atoms with van der Waals surface area (Å²) in [5.41, 5.74) is 3.22. The van der Waals surface area contributed by atoms with Gasteiger partial charge in [0.15, 0.2) is 18.3 Å². The molecule has 0 saturated heterocycles. The molecule has 0 bridgehead atoms. The lowest BCUT2D eigenvalue weighted by atomic mass is 9.84. The van der Waals surface area contributed by atoms with Gasteiger partial charge in [-0.25, -0.2) is 13.7 Å². The molecule has 0 atom stereocenters. The van der Waals surface area contributed by atoms with Crippen molar-refractivity contribution in [1.29, 1.82) is 0 Å². The van der Waals surface area contributed by atoms with Gasteiger partial charge in [0.1, 0.15) is 18.3 Å². The molecule has 1 saturated carbocycles. The van der Waals surface area contributed by atoms with Crippen LogP contribution in [0, 0.1) is 0 Å². The predicted octanol–water partition coefficient (Wildman–Crippen LogP) is 13.9. The van der Waals surface area contributed by atoms with E-state index in [0.717, 1.165) is 0 Å². The Balaban J connectivity index is 1.46. The van der Waals surface area contributed by atoms with Crippen LogP contribution in [0.2, 0.25) is 0 Å². The van der Waals surface area contributed by atoms with Gasteiger partial charge in [-0.2, -0.15) is 0 Å². The van der Waals surface area contributed by atoms with E-state index in [1.165, 1.54) is 0 Å². The van der Waals surface area contributed by atoms with Gasteiger partial charge in [0, 0.05) is 19.3 Å². The first-order valence-electron chi connectivity index (χ1n) is 26.8. The van der Waals surface area contributed by atoms with Crippen LogP contribution >= 0.6 is 23.5 Å². The van der Waals surface area contributed by atoms with Crippen molar-refractivity contribution in [1.82, 2.24) is 0 Å². The molecular formula is C60H69O18P3. The van der Waals surface area contributed by atoms with E-state index < -0.39 is 78.0 Å². The molecule has 1 fully saturated rings. The fourth-order valence-corrected chi connectivity index (χ4v) is 12.3. The highest BCUT2D eigenvalue weighted by Gasteiger charge is 2.63. The largest absolute Gasteiger partial charge is 0.475 e. The number of rotatable bonds is 33. The minimum absolute atomic E-state index is 0.231. The summed E-state index contributed by atoms with van der Waals surface area (Å²) >= 11 is 0.